The molecule has 1 aliphatic rings. The predicted octanol–water partition coefficient (Wildman–Crippen LogP) is 3.80. The SMILES string of the molecule is CNCCOc1cccc(CCCC2CCCC2)c1. The molecule has 1 saturated carbocycles. The minimum absolute atomic E-state index is 0.738. The molecule has 0 saturated heterocycles. The highest BCUT2D eigenvalue weighted by Gasteiger charge is 2.14. The third-order valence-corrected chi connectivity index (χ3v) is 4.07. The highest BCUT2D eigenvalue weighted by Crippen LogP contribution is 2.29. The second kappa shape index (κ2) is 8.21. The number of rotatable bonds is 8. The van der Waals surface area contributed by atoms with Crippen molar-refractivity contribution >= 4 is 0 Å². The molecule has 1 N–H and O–H groups in total. The fourth-order valence-corrected chi connectivity index (χ4v) is 2.96. The largest absolute Gasteiger partial charge is 0.492 e. The first kappa shape index (κ1) is 14.4. The fraction of sp³-hybridized carbons (Fsp3) is 0.647. The van der Waals surface area contributed by atoms with Crippen LogP contribution < -0.4 is 10.1 Å². The Morgan fingerprint density at radius 3 is 2.89 bits per heavy atom. The smallest absolute Gasteiger partial charge is 0.119 e. The van der Waals surface area contributed by atoms with Crippen molar-refractivity contribution in [1.29, 1.82) is 0 Å². The van der Waals surface area contributed by atoms with E-state index in [1.54, 1.807) is 0 Å². The molecule has 1 aromatic carbocycles. The van der Waals surface area contributed by atoms with E-state index in [1.165, 1.54) is 50.5 Å². The van der Waals surface area contributed by atoms with Crippen molar-refractivity contribution < 1.29 is 4.74 Å². The Bertz CT molecular complexity index is 358. The fourth-order valence-electron chi connectivity index (χ4n) is 2.96. The van der Waals surface area contributed by atoms with Crippen molar-refractivity contribution in [2.75, 3.05) is 20.2 Å². The molecule has 0 aromatic heterocycles. The third kappa shape index (κ3) is 5.23. The topological polar surface area (TPSA) is 21.3 Å². The van der Waals surface area contributed by atoms with Crippen molar-refractivity contribution in [3.8, 4) is 5.75 Å². The quantitative estimate of drug-likeness (QED) is 0.719. The number of ether oxygens (including phenoxy) is 1. The molecule has 0 spiro atoms. The van der Waals surface area contributed by atoms with Crippen LogP contribution in [0.15, 0.2) is 24.3 Å². The van der Waals surface area contributed by atoms with Crippen LogP contribution in [-0.2, 0) is 6.42 Å². The maximum Gasteiger partial charge on any atom is 0.119 e. The molecule has 1 fully saturated rings. The van der Waals surface area contributed by atoms with Gasteiger partial charge >= 0.3 is 0 Å². The lowest BCUT2D eigenvalue weighted by Gasteiger charge is -2.10. The van der Waals surface area contributed by atoms with E-state index in [2.05, 4.69) is 29.6 Å². The van der Waals surface area contributed by atoms with E-state index in [4.69, 9.17) is 4.74 Å². The van der Waals surface area contributed by atoms with E-state index in [9.17, 15) is 0 Å². The average Bonchev–Trinajstić information content (AvgIpc) is 2.93. The van der Waals surface area contributed by atoms with Gasteiger partial charge in [0.25, 0.3) is 0 Å². The highest BCUT2D eigenvalue weighted by atomic mass is 16.5. The predicted molar refractivity (Wildman–Crippen MR) is 80.8 cm³/mol. The highest BCUT2D eigenvalue weighted by molar-refractivity contribution is 5.28. The van der Waals surface area contributed by atoms with E-state index in [0.717, 1.165) is 24.8 Å². The molecule has 0 amide bonds. The second-order valence-corrected chi connectivity index (χ2v) is 5.64. The molecule has 2 nitrogen and oxygen atoms in total. The summed E-state index contributed by atoms with van der Waals surface area (Å²) in [7, 11) is 1.95. The van der Waals surface area contributed by atoms with Gasteiger partial charge in [0, 0.05) is 6.54 Å². The third-order valence-electron chi connectivity index (χ3n) is 4.07. The Morgan fingerprint density at radius 2 is 2.11 bits per heavy atom. The number of likely N-dealkylation sites (N-methyl/N-ethyl adjacent to an activating group) is 1. The van der Waals surface area contributed by atoms with Gasteiger partial charge in [-0.15, -0.1) is 0 Å². The van der Waals surface area contributed by atoms with Crippen LogP contribution in [0.1, 0.15) is 44.1 Å². The van der Waals surface area contributed by atoms with Crippen molar-refractivity contribution in [2.24, 2.45) is 5.92 Å². The van der Waals surface area contributed by atoms with E-state index >= 15 is 0 Å². The molecule has 0 bridgehead atoms. The maximum atomic E-state index is 5.70. The Morgan fingerprint density at radius 1 is 1.26 bits per heavy atom. The van der Waals surface area contributed by atoms with E-state index < -0.39 is 0 Å². The van der Waals surface area contributed by atoms with Gasteiger partial charge in [-0.25, -0.2) is 0 Å². The number of hydrogen-bond donors (Lipinski definition) is 1. The lowest BCUT2D eigenvalue weighted by molar-refractivity contribution is 0.318. The molecule has 2 rings (SSSR count). The summed E-state index contributed by atoms with van der Waals surface area (Å²) < 4.78 is 5.70. The minimum atomic E-state index is 0.738. The van der Waals surface area contributed by atoms with Crippen molar-refractivity contribution in [1.82, 2.24) is 5.32 Å². The van der Waals surface area contributed by atoms with Crippen LogP contribution in [0, 0.1) is 5.92 Å². The first-order valence-corrected chi connectivity index (χ1v) is 7.75. The molecule has 0 radical (unpaired) electrons. The summed E-state index contributed by atoms with van der Waals surface area (Å²) in [5, 5.41) is 3.09. The van der Waals surface area contributed by atoms with Crippen LogP contribution in [0.5, 0.6) is 5.75 Å². The van der Waals surface area contributed by atoms with E-state index in [0.29, 0.717) is 0 Å². The van der Waals surface area contributed by atoms with Crippen molar-refractivity contribution in [2.45, 2.75) is 44.9 Å². The summed E-state index contributed by atoms with van der Waals surface area (Å²) in [6.07, 6.45) is 9.77. The zero-order chi connectivity index (χ0) is 13.3. The van der Waals surface area contributed by atoms with Crippen LogP contribution >= 0.6 is 0 Å². The van der Waals surface area contributed by atoms with E-state index in [-0.39, 0.29) is 0 Å². The molecular formula is C17H27NO. The van der Waals surface area contributed by atoms with Crippen LogP contribution in [0.3, 0.4) is 0 Å². The van der Waals surface area contributed by atoms with Gasteiger partial charge < -0.3 is 10.1 Å². The Labute approximate surface area is 117 Å². The molecule has 0 aliphatic heterocycles. The van der Waals surface area contributed by atoms with Crippen molar-refractivity contribution in [3.63, 3.8) is 0 Å². The van der Waals surface area contributed by atoms with Gasteiger partial charge in [-0.2, -0.15) is 0 Å². The minimum Gasteiger partial charge on any atom is -0.492 e. The zero-order valence-electron chi connectivity index (χ0n) is 12.2. The first-order chi connectivity index (χ1) is 9.38. The van der Waals surface area contributed by atoms with Crippen LogP contribution in [0.2, 0.25) is 0 Å². The van der Waals surface area contributed by atoms with Gasteiger partial charge in [0.2, 0.25) is 0 Å². The molecule has 0 heterocycles. The lowest BCUT2D eigenvalue weighted by Crippen LogP contribution is -2.15. The van der Waals surface area contributed by atoms with E-state index in [1.807, 2.05) is 7.05 Å². The molecule has 0 unspecified atom stereocenters. The van der Waals surface area contributed by atoms with Crippen LogP contribution in [-0.4, -0.2) is 20.2 Å². The summed E-state index contributed by atoms with van der Waals surface area (Å²) in [6, 6.07) is 8.58. The molecule has 0 atom stereocenters. The number of hydrogen-bond acceptors (Lipinski definition) is 2. The number of aryl methyl sites for hydroxylation is 1. The summed E-state index contributed by atoms with van der Waals surface area (Å²) in [5.41, 5.74) is 1.42. The van der Waals surface area contributed by atoms with Gasteiger partial charge in [-0.3, -0.25) is 0 Å². The molecule has 1 aromatic rings. The Hall–Kier alpha value is -1.02. The van der Waals surface area contributed by atoms with Crippen molar-refractivity contribution in [3.05, 3.63) is 29.8 Å². The number of benzene rings is 1. The lowest BCUT2D eigenvalue weighted by atomic mass is 9.98. The normalized spacial score (nSPS) is 15.8. The summed E-state index contributed by atoms with van der Waals surface area (Å²) in [4.78, 5) is 0. The summed E-state index contributed by atoms with van der Waals surface area (Å²) in [5.74, 6) is 2.02. The molecule has 1 aliphatic carbocycles. The van der Waals surface area contributed by atoms with Gasteiger partial charge in [-0.1, -0.05) is 44.2 Å². The van der Waals surface area contributed by atoms with Gasteiger partial charge in [0.05, 0.1) is 0 Å². The van der Waals surface area contributed by atoms with Crippen LogP contribution in [0.4, 0.5) is 0 Å². The Balaban J connectivity index is 1.71. The zero-order valence-corrected chi connectivity index (χ0v) is 12.2. The van der Waals surface area contributed by atoms with Gasteiger partial charge in [0.15, 0.2) is 0 Å². The molecule has 106 valence electrons. The van der Waals surface area contributed by atoms with Gasteiger partial charge in [-0.05, 0) is 43.5 Å². The summed E-state index contributed by atoms with van der Waals surface area (Å²) in [6.45, 7) is 1.63. The first-order valence-electron chi connectivity index (χ1n) is 7.75. The maximum absolute atomic E-state index is 5.70. The van der Waals surface area contributed by atoms with Crippen LogP contribution in [0.25, 0.3) is 0 Å². The van der Waals surface area contributed by atoms with Gasteiger partial charge in [0.1, 0.15) is 12.4 Å². The molecule has 2 heteroatoms. The monoisotopic (exact) mass is 261 g/mol. The molecular weight excluding hydrogens is 234 g/mol. The second-order valence-electron chi connectivity index (χ2n) is 5.64. The Kier molecular flexibility index (Phi) is 6.22. The molecule has 19 heavy (non-hydrogen) atoms. The summed E-state index contributed by atoms with van der Waals surface area (Å²) >= 11 is 0. The number of nitrogens with one attached hydrogen (secondary N) is 1. The standard InChI is InChI=1S/C17H27NO/c1-18-12-13-19-17-11-5-10-16(14-17)9-4-8-15-6-2-3-7-15/h5,10-11,14-15,18H,2-4,6-9,12-13H2,1H3. The average molecular weight is 261 g/mol.